The molecule has 0 bridgehead atoms. The van der Waals surface area contributed by atoms with Gasteiger partial charge in [0.15, 0.2) is 0 Å². The van der Waals surface area contributed by atoms with E-state index in [1.165, 1.54) is 17.0 Å². The molecule has 1 atom stereocenters. The highest BCUT2D eigenvalue weighted by Crippen LogP contribution is 2.33. The van der Waals surface area contributed by atoms with E-state index < -0.39 is 0 Å². The topological polar surface area (TPSA) is 24.4 Å². The first-order valence-corrected chi connectivity index (χ1v) is 6.60. The van der Waals surface area contributed by atoms with E-state index in [1.807, 2.05) is 17.8 Å². The molecule has 86 valence electrons. The SMILES string of the molecule is CCC[C@]1(C)NN=C(Cc2ccccc2)S1. The molecule has 2 nitrogen and oxygen atoms in total. The number of benzene rings is 1. The third-order valence-corrected chi connectivity index (χ3v) is 3.90. The minimum atomic E-state index is 0.110. The lowest BCUT2D eigenvalue weighted by atomic mass is 10.2. The lowest BCUT2D eigenvalue weighted by Gasteiger charge is -2.21. The Labute approximate surface area is 102 Å². The number of hydrazone groups is 1. The summed E-state index contributed by atoms with van der Waals surface area (Å²) in [4.78, 5) is 0.110. The Bertz CT molecular complexity index is 375. The minimum absolute atomic E-state index is 0.110. The van der Waals surface area contributed by atoms with E-state index in [-0.39, 0.29) is 4.87 Å². The van der Waals surface area contributed by atoms with Crippen molar-refractivity contribution in [2.24, 2.45) is 5.10 Å². The van der Waals surface area contributed by atoms with Crippen LogP contribution in [-0.4, -0.2) is 9.91 Å². The number of hydrogen-bond donors (Lipinski definition) is 1. The minimum Gasteiger partial charge on any atom is -0.293 e. The van der Waals surface area contributed by atoms with Crippen LogP contribution in [0.2, 0.25) is 0 Å². The first-order valence-electron chi connectivity index (χ1n) is 5.78. The molecule has 1 aliphatic rings. The maximum absolute atomic E-state index is 4.43. The summed E-state index contributed by atoms with van der Waals surface area (Å²) in [6.07, 6.45) is 3.28. The molecule has 1 N–H and O–H groups in total. The van der Waals surface area contributed by atoms with Gasteiger partial charge >= 0.3 is 0 Å². The number of nitrogens with zero attached hydrogens (tertiary/aromatic N) is 1. The Morgan fingerprint density at radius 1 is 1.31 bits per heavy atom. The molecule has 0 spiro atoms. The van der Waals surface area contributed by atoms with E-state index in [9.17, 15) is 0 Å². The van der Waals surface area contributed by atoms with Gasteiger partial charge < -0.3 is 0 Å². The summed E-state index contributed by atoms with van der Waals surface area (Å²) in [6.45, 7) is 4.44. The second kappa shape index (κ2) is 4.91. The third kappa shape index (κ3) is 2.79. The van der Waals surface area contributed by atoms with Crippen LogP contribution in [0.1, 0.15) is 32.3 Å². The summed E-state index contributed by atoms with van der Waals surface area (Å²) in [6, 6.07) is 10.5. The Morgan fingerprint density at radius 3 is 2.75 bits per heavy atom. The molecule has 0 saturated carbocycles. The first-order chi connectivity index (χ1) is 7.72. The fourth-order valence-electron chi connectivity index (χ4n) is 1.92. The molecule has 1 aromatic rings. The molecule has 0 aliphatic carbocycles. The van der Waals surface area contributed by atoms with E-state index in [2.05, 4.69) is 48.6 Å². The quantitative estimate of drug-likeness (QED) is 0.863. The van der Waals surface area contributed by atoms with Gasteiger partial charge in [-0.05, 0) is 18.9 Å². The van der Waals surface area contributed by atoms with Crippen molar-refractivity contribution < 1.29 is 0 Å². The van der Waals surface area contributed by atoms with Crippen LogP contribution in [0.15, 0.2) is 35.4 Å². The predicted octanol–water partition coefficient (Wildman–Crippen LogP) is 3.40. The molecule has 0 radical (unpaired) electrons. The zero-order chi connectivity index (χ0) is 11.4. The van der Waals surface area contributed by atoms with E-state index in [4.69, 9.17) is 0 Å². The van der Waals surface area contributed by atoms with Crippen molar-refractivity contribution in [2.75, 3.05) is 0 Å². The van der Waals surface area contributed by atoms with Crippen LogP contribution < -0.4 is 5.43 Å². The summed E-state index contributed by atoms with van der Waals surface area (Å²) in [7, 11) is 0. The van der Waals surface area contributed by atoms with Crippen LogP contribution in [-0.2, 0) is 6.42 Å². The van der Waals surface area contributed by atoms with E-state index in [0.717, 1.165) is 12.8 Å². The van der Waals surface area contributed by atoms with Crippen LogP contribution in [0.4, 0.5) is 0 Å². The van der Waals surface area contributed by atoms with Gasteiger partial charge in [-0.15, -0.1) is 0 Å². The molecule has 0 saturated heterocycles. The van der Waals surface area contributed by atoms with Gasteiger partial charge in [-0.3, -0.25) is 5.43 Å². The number of thioether (sulfide) groups is 1. The Hall–Kier alpha value is -0.960. The van der Waals surface area contributed by atoms with Crippen LogP contribution in [0, 0.1) is 0 Å². The second-order valence-corrected chi connectivity index (χ2v) is 5.94. The molecule has 3 heteroatoms. The van der Waals surface area contributed by atoms with Gasteiger partial charge in [0.2, 0.25) is 0 Å². The van der Waals surface area contributed by atoms with Crippen LogP contribution >= 0.6 is 11.8 Å². The van der Waals surface area contributed by atoms with Gasteiger partial charge in [0, 0.05) is 6.42 Å². The molecule has 0 amide bonds. The van der Waals surface area contributed by atoms with Crippen molar-refractivity contribution in [3.63, 3.8) is 0 Å². The highest BCUT2D eigenvalue weighted by atomic mass is 32.2. The Kier molecular flexibility index (Phi) is 3.54. The van der Waals surface area contributed by atoms with Gasteiger partial charge in [0.25, 0.3) is 0 Å². The molecule has 0 aromatic heterocycles. The standard InChI is InChI=1S/C13H18N2S/c1-3-9-13(2)15-14-12(16-13)10-11-7-5-4-6-8-11/h4-8,15H,3,9-10H2,1-2H3/t13-/m1/s1. The normalized spacial score (nSPS) is 24.0. The Balaban J connectivity index is 1.94. The van der Waals surface area contributed by atoms with Crippen LogP contribution in [0.25, 0.3) is 0 Å². The molecule has 16 heavy (non-hydrogen) atoms. The zero-order valence-corrected chi connectivity index (χ0v) is 10.7. The van der Waals surface area contributed by atoms with Crippen LogP contribution in [0.5, 0.6) is 0 Å². The van der Waals surface area contributed by atoms with E-state index in [1.54, 1.807) is 0 Å². The highest BCUT2D eigenvalue weighted by molar-refractivity contribution is 8.15. The summed E-state index contributed by atoms with van der Waals surface area (Å²) in [5, 5.41) is 5.63. The van der Waals surface area contributed by atoms with Gasteiger partial charge in [-0.2, -0.15) is 5.10 Å². The molecule has 1 aromatic carbocycles. The average Bonchev–Trinajstić information content (AvgIpc) is 2.62. The maximum Gasteiger partial charge on any atom is 0.103 e. The van der Waals surface area contributed by atoms with Crippen molar-refractivity contribution in [1.82, 2.24) is 5.43 Å². The summed E-state index contributed by atoms with van der Waals surface area (Å²) < 4.78 is 0. The lowest BCUT2D eigenvalue weighted by molar-refractivity contribution is 0.491. The number of rotatable bonds is 4. The molecule has 1 heterocycles. The average molecular weight is 234 g/mol. The van der Waals surface area contributed by atoms with Gasteiger partial charge in [-0.1, -0.05) is 55.4 Å². The van der Waals surface area contributed by atoms with E-state index >= 15 is 0 Å². The molecule has 0 unspecified atom stereocenters. The largest absolute Gasteiger partial charge is 0.293 e. The smallest absolute Gasteiger partial charge is 0.103 e. The predicted molar refractivity (Wildman–Crippen MR) is 71.6 cm³/mol. The maximum atomic E-state index is 4.43. The zero-order valence-electron chi connectivity index (χ0n) is 9.86. The van der Waals surface area contributed by atoms with Crippen LogP contribution in [0.3, 0.4) is 0 Å². The van der Waals surface area contributed by atoms with Crippen molar-refractivity contribution in [1.29, 1.82) is 0 Å². The third-order valence-electron chi connectivity index (χ3n) is 2.69. The fourth-order valence-corrected chi connectivity index (χ4v) is 3.16. The van der Waals surface area contributed by atoms with E-state index in [0.29, 0.717) is 0 Å². The van der Waals surface area contributed by atoms with Gasteiger partial charge in [0.05, 0.1) is 5.04 Å². The van der Waals surface area contributed by atoms with Crippen molar-refractivity contribution in [3.8, 4) is 0 Å². The van der Waals surface area contributed by atoms with Crippen molar-refractivity contribution >= 4 is 16.8 Å². The monoisotopic (exact) mass is 234 g/mol. The molecule has 1 aliphatic heterocycles. The lowest BCUT2D eigenvalue weighted by Crippen LogP contribution is -2.31. The molecular formula is C13H18N2S. The number of nitrogens with one attached hydrogen (secondary N) is 1. The summed E-state index contributed by atoms with van der Waals surface area (Å²) >= 11 is 1.87. The summed E-state index contributed by atoms with van der Waals surface area (Å²) in [5.74, 6) is 0. The van der Waals surface area contributed by atoms with Gasteiger partial charge in [0.1, 0.15) is 4.87 Å². The van der Waals surface area contributed by atoms with Crippen molar-refractivity contribution in [2.45, 2.75) is 38.0 Å². The fraction of sp³-hybridized carbons (Fsp3) is 0.462. The highest BCUT2D eigenvalue weighted by Gasteiger charge is 2.30. The first kappa shape index (κ1) is 11.5. The second-order valence-electron chi connectivity index (χ2n) is 4.36. The Morgan fingerprint density at radius 2 is 2.06 bits per heavy atom. The number of hydrogen-bond acceptors (Lipinski definition) is 3. The van der Waals surface area contributed by atoms with Crippen molar-refractivity contribution in [3.05, 3.63) is 35.9 Å². The molecule has 2 rings (SSSR count). The molecular weight excluding hydrogens is 216 g/mol. The summed E-state index contributed by atoms with van der Waals surface area (Å²) in [5.41, 5.74) is 4.59. The van der Waals surface area contributed by atoms with Gasteiger partial charge in [-0.25, -0.2) is 0 Å². The molecule has 0 fully saturated rings.